The topological polar surface area (TPSA) is 70.1 Å². The zero-order valence-electron chi connectivity index (χ0n) is 12.7. The summed E-state index contributed by atoms with van der Waals surface area (Å²) in [5.41, 5.74) is 8.36. The Morgan fingerprint density at radius 3 is 2.71 bits per heavy atom. The summed E-state index contributed by atoms with van der Waals surface area (Å²) in [6.45, 7) is 5.58. The fraction of sp³-hybridized carbons (Fsp3) is 0.500. The smallest absolute Gasteiger partial charge is 0.329 e. The number of nitrogens with two attached hydrogens (primary N) is 1. The third-order valence-corrected chi connectivity index (χ3v) is 3.80. The van der Waals surface area contributed by atoms with Gasteiger partial charge in [0.25, 0.3) is 0 Å². The molecule has 1 aromatic carbocycles. The maximum atomic E-state index is 12.3. The van der Waals surface area contributed by atoms with Crippen LogP contribution in [-0.2, 0) is 9.53 Å². The lowest BCUT2D eigenvalue weighted by Gasteiger charge is -2.18. The van der Waals surface area contributed by atoms with E-state index in [0.717, 1.165) is 29.7 Å². The monoisotopic (exact) mass is 287 g/mol. The van der Waals surface area contributed by atoms with Crippen LogP contribution >= 0.6 is 0 Å². The van der Waals surface area contributed by atoms with Gasteiger partial charge in [-0.15, -0.1) is 0 Å². The number of nitrogen functional groups attached to an aromatic ring is 1. The van der Waals surface area contributed by atoms with E-state index in [1.54, 1.807) is 0 Å². The van der Waals surface area contributed by atoms with Gasteiger partial charge in [-0.1, -0.05) is 6.07 Å². The lowest BCUT2D eigenvalue weighted by Crippen LogP contribution is -2.23. The number of para-hydroxylation sites is 1. The molecule has 5 nitrogen and oxygen atoms in total. The van der Waals surface area contributed by atoms with E-state index in [0.29, 0.717) is 11.6 Å². The minimum absolute atomic E-state index is 0.121. The van der Waals surface area contributed by atoms with Gasteiger partial charge in [0.2, 0.25) is 0 Å². The molecule has 1 saturated carbocycles. The van der Waals surface area contributed by atoms with Crippen LogP contribution in [0.4, 0.5) is 5.69 Å². The second-order valence-electron chi connectivity index (χ2n) is 5.99. The van der Waals surface area contributed by atoms with Crippen LogP contribution in [0.3, 0.4) is 0 Å². The number of carbonyl (C=O) groups is 1. The molecule has 0 bridgehead atoms. The summed E-state index contributed by atoms with van der Waals surface area (Å²) in [7, 11) is 0. The molecule has 1 heterocycles. The molecule has 1 fully saturated rings. The summed E-state index contributed by atoms with van der Waals surface area (Å²) in [6, 6.07) is 5.30. The molecule has 0 amide bonds. The summed E-state index contributed by atoms with van der Waals surface area (Å²) in [5.74, 6) is 1.16. The number of carbonyl (C=O) groups excluding carboxylic acids is 1. The molecule has 112 valence electrons. The van der Waals surface area contributed by atoms with Crippen LogP contribution in [-0.4, -0.2) is 21.6 Å². The molecule has 1 atom stereocenters. The highest BCUT2D eigenvalue weighted by Gasteiger charge is 2.33. The Labute approximate surface area is 124 Å². The van der Waals surface area contributed by atoms with E-state index < -0.39 is 6.04 Å². The Balaban J connectivity index is 2.09. The molecule has 0 saturated heterocycles. The van der Waals surface area contributed by atoms with E-state index in [4.69, 9.17) is 10.5 Å². The Morgan fingerprint density at radius 1 is 1.38 bits per heavy atom. The molecular formula is C16H21N3O2. The molecule has 1 aromatic heterocycles. The fourth-order valence-electron chi connectivity index (χ4n) is 2.63. The van der Waals surface area contributed by atoms with Crippen LogP contribution in [0.5, 0.6) is 0 Å². The molecule has 0 spiro atoms. The Bertz CT molecular complexity index is 686. The number of hydrogen-bond acceptors (Lipinski definition) is 4. The quantitative estimate of drug-likeness (QED) is 0.693. The highest BCUT2D eigenvalue weighted by molar-refractivity contribution is 5.89. The average Bonchev–Trinajstić information content (AvgIpc) is 3.18. The van der Waals surface area contributed by atoms with Crippen molar-refractivity contribution in [2.45, 2.75) is 51.7 Å². The Hall–Kier alpha value is -2.04. The first-order valence-electron chi connectivity index (χ1n) is 7.46. The van der Waals surface area contributed by atoms with Gasteiger partial charge in [0.05, 0.1) is 17.3 Å². The van der Waals surface area contributed by atoms with Crippen molar-refractivity contribution in [2.24, 2.45) is 0 Å². The molecule has 3 rings (SSSR count). The van der Waals surface area contributed by atoms with E-state index in [1.165, 1.54) is 0 Å². The molecular weight excluding hydrogens is 266 g/mol. The van der Waals surface area contributed by atoms with E-state index in [9.17, 15) is 4.79 Å². The Morgan fingerprint density at radius 2 is 2.10 bits per heavy atom. The molecule has 0 radical (unpaired) electrons. The summed E-state index contributed by atoms with van der Waals surface area (Å²) >= 11 is 0. The van der Waals surface area contributed by atoms with Crippen molar-refractivity contribution in [3.63, 3.8) is 0 Å². The second-order valence-corrected chi connectivity index (χ2v) is 5.99. The van der Waals surface area contributed by atoms with E-state index in [-0.39, 0.29) is 12.1 Å². The maximum absolute atomic E-state index is 12.3. The first-order chi connectivity index (χ1) is 9.99. The van der Waals surface area contributed by atoms with Crippen molar-refractivity contribution in [3.05, 3.63) is 24.0 Å². The number of nitrogens with zero attached hydrogens (tertiary/aromatic N) is 2. The van der Waals surface area contributed by atoms with E-state index in [2.05, 4.69) is 4.98 Å². The zero-order chi connectivity index (χ0) is 15.1. The average molecular weight is 287 g/mol. The lowest BCUT2D eigenvalue weighted by molar-refractivity contribution is -0.150. The van der Waals surface area contributed by atoms with Gasteiger partial charge >= 0.3 is 5.97 Å². The summed E-state index contributed by atoms with van der Waals surface area (Å²) in [5, 5.41) is 0. The minimum atomic E-state index is -0.394. The SMILES string of the molecule is CC(C)OC(=O)C(C)n1c(C2CC2)nc2c(N)cccc21. The van der Waals surface area contributed by atoms with Gasteiger partial charge in [-0.25, -0.2) is 9.78 Å². The van der Waals surface area contributed by atoms with Gasteiger partial charge in [-0.2, -0.15) is 0 Å². The molecule has 1 aliphatic rings. The van der Waals surface area contributed by atoms with E-state index in [1.807, 2.05) is 43.5 Å². The van der Waals surface area contributed by atoms with Gasteiger partial charge in [-0.05, 0) is 45.7 Å². The van der Waals surface area contributed by atoms with Gasteiger partial charge < -0.3 is 15.0 Å². The largest absolute Gasteiger partial charge is 0.461 e. The Kier molecular flexibility index (Phi) is 3.35. The van der Waals surface area contributed by atoms with Gasteiger partial charge in [-0.3, -0.25) is 0 Å². The summed E-state index contributed by atoms with van der Waals surface area (Å²) in [4.78, 5) is 17.0. The fourth-order valence-corrected chi connectivity index (χ4v) is 2.63. The highest BCUT2D eigenvalue weighted by Crippen LogP contribution is 2.42. The first kappa shape index (κ1) is 13.9. The predicted molar refractivity (Wildman–Crippen MR) is 82.1 cm³/mol. The lowest BCUT2D eigenvalue weighted by atomic mass is 10.2. The number of imidazole rings is 1. The standard InChI is InChI=1S/C16H21N3O2/c1-9(2)21-16(20)10(3)19-13-6-4-5-12(17)14(13)18-15(19)11-7-8-11/h4-6,9-11H,7-8,17H2,1-3H3. The number of esters is 1. The van der Waals surface area contributed by atoms with Crippen LogP contribution in [0.25, 0.3) is 11.0 Å². The molecule has 1 aliphatic carbocycles. The summed E-state index contributed by atoms with van der Waals surface area (Å²) in [6.07, 6.45) is 2.12. The number of anilines is 1. The van der Waals surface area contributed by atoms with Crippen LogP contribution < -0.4 is 5.73 Å². The molecule has 2 N–H and O–H groups in total. The molecule has 5 heteroatoms. The van der Waals surface area contributed by atoms with Crippen LogP contribution in [0, 0.1) is 0 Å². The van der Waals surface area contributed by atoms with Gasteiger partial charge in [0, 0.05) is 5.92 Å². The van der Waals surface area contributed by atoms with Crippen molar-refractivity contribution >= 4 is 22.7 Å². The zero-order valence-corrected chi connectivity index (χ0v) is 12.7. The number of rotatable bonds is 4. The number of aromatic nitrogens is 2. The first-order valence-corrected chi connectivity index (χ1v) is 7.46. The number of fused-ring (bicyclic) bond motifs is 1. The minimum Gasteiger partial charge on any atom is -0.461 e. The number of ether oxygens (including phenoxy) is 1. The van der Waals surface area contributed by atoms with Crippen LogP contribution in [0.1, 0.15) is 51.4 Å². The maximum Gasteiger partial charge on any atom is 0.329 e. The normalized spacial score (nSPS) is 16.4. The van der Waals surface area contributed by atoms with Crippen molar-refractivity contribution in [1.82, 2.24) is 9.55 Å². The van der Waals surface area contributed by atoms with Crippen molar-refractivity contribution in [3.8, 4) is 0 Å². The van der Waals surface area contributed by atoms with Crippen LogP contribution in [0.2, 0.25) is 0 Å². The van der Waals surface area contributed by atoms with Crippen molar-refractivity contribution in [2.75, 3.05) is 5.73 Å². The predicted octanol–water partition coefficient (Wildman–Crippen LogP) is 3.01. The third kappa shape index (κ3) is 2.48. The van der Waals surface area contributed by atoms with E-state index >= 15 is 0 Å². The third-order valence-electron chi connectivity index (χ3n) is 3.80. The number of hydrogen-bond donors (Lipinski definition) is 1. The molecule has 1 unspecified atom stereocenters. The summed E-state index contributed by atoms with van der Waals surface area (Å²) < 4.78 is 7.35. The van der Waals surface area contributed by atoms with Gasteiger partial charge in [0.1, 0.15) is 17.4 Å². The van der Waals surface area contributed by atoms with Gasteiger partial charge in [0.15, 0.2) is 0 Å². The van der Waals surface area contributed by atoms with Crippen molar-refractivity contribution in [1.29, 1.82) is 0 Å². The molecule has 21 heavy (non-hydrogen) atoms. The highest BCUT2D eigenvalue weighted by atomic mass is 16.5. The second kappa shape index (κ2) is 5.06. The molecule has 2 aromatic rings. The van der Waals surface area contributed by atoms with Crippen molar-refractivity contribution < 1.29 is 9.53 Å². The van der Waals surface area contributed by atoms with Crippen LogP contribution in [0.15, 0.2) is 18.2 Å². The number of benzene rings is 1. The molecule has 0 aliphatic heterocycles.